The van der Waals surface area contributed by atoms with Gasteiger partial charge in [-0.1, -0.05) is 0 Å². The summed E-state index contributed by atoms with van der Waals surface area (Å²) in [6.45, 7) is 0. The smallest absolute Gasteiger partial charge is 0.308 e. The van der Waals surface area contributed by atoms with Gasteiger partial charge in [0.15, 0.2) is 0 Å². The molecule has 0 saturated heterocycles. The highest BCUT2D eigenvalue weighted by molar-refractivity contribution is 7.94. The number of carbonyl (C=O) groups is 1. The number of aromatic nitrogens is 1. The standard InChI is InChI=1S/C10H10N2O4S2/c13-9(14)7-8-3-4-10(17-8)18(15,16)11-12-5-1-2-6-12/h1-6,11H,7H2,(H,13,14). The normalized spacial score (nSPS) is 11.3. The van der Waals surface area contributed by atoms with Gasteiger partial charge in [-0.15, -0.1) is 11.3 Å². The molecule has 0 atom stereocenters. The van der Waals surface area contributed by atoms with E-state index in [9.17, 15) is 13.2 Å². The summed E-state index contributed by atoms with van der Waals surface area (Å²) in [5.41, 5.74) is 0. The third-order valence-electron chi connectivity index (χ3n) is 2.06. The summed E-state index contributed by atoms with van der Waals surface area (Å²) in [5, 5.41) is 8.62. The minimum atomic E-state index is -3.66. The Bertz CT molecular complexity index is 643. The number of carboxylic acids is 1. The van der Waals surface area contributed by atoms with Crippen molar-refractivity contribution in [2.75, 3.05) is 4.83 Å². The van der Waals surface area contributed by atoms with E-state index in [-0.39, 0.29) is 10.6 Å². The predicted molar refractivity (Wildman–Crippen MR) is 66.6 cm³/mol. The highest BCUT2D eigenvalue weighted by atomic mass is 32.2. The average molecular weight is 286 g/mol. The number of sulfonamides is 1. The molecule has 0 aliphatic heterocycles. The van der Waals surface area contributed by atoms with Crippen LogP contribution in [0.3, 0.4) is 0 Å². The fraction of sp³-hybridized carbons (Fsp3) is 0.100. The van der Waals surface area contributed by atoms with Crippen LogP contribution in [0, 0.1) is 0 Å². The maximum atomic E-state index is 11.9. The van der Waals surface area contributed by atoms with E-state index in [4.69, 9.17) is 5.11 Å². The van der Waals surface area contributed by atoms with Crippen LogP contribution in [0.1, 0.15) is 4.88 Å². The molecule has 0 saturated carbocycles. The molecule has 18 heavy (non-hydrogen) atoms. The molecule has 96 valence electrons. The summed E-state index contributed by atoms with van der Waals surface area (Å²) in [6, 6.07) is 6.28. The van der Waals surface area contributed by atoms with E-state index in [1.807, 2.05) is 0 Å². The van der Waals surface area contributed by atoms with Crippen LogP contribution >= 0.6 is 11.3 Å². The van der Waals surface area contributed by atoms with Crippen LogP contribution in [0.2, 0.25) is 0 Å². The Morgan fingerprint density at radius 1 is 1.33 bits per heavy atom. The van der Waals surface area contributed by atoms with E-state index in [1.54, 1.807) is 24.5 Å². The molecule has 2 heterocycles. The first-order valence-corrected chi connectivity index (χ1v) is 7.24. The second-order valence-electron chi connectivity index (χ2n) is 3.48. The van der Waals surface area contributed by atoms with Gasteiger partial charge in [-0.3, -0.25) is 9.47 Å². The van der Waals surface area contributed by atoms with Gasteiger partial charge in [0, 0.05) is 17.3 Å². The zero-order chi connectivity index (χ0) is 13.2. The van der Waals surface area contributed by atoms with Crippen molar-refractivity contribution in [3.63, 3.8) is 0 Å². The molecule has 0 spiro atoms. The van der Waals surface area contributed by atoms with E-state index in [2.05, 4.69) is 4.83 Å². The van der Waals surface area contributed by atoms with Crippen LogP contribution in [0.4, 0.5) is 0 Å². The molecule has 0 radical (unpaired) electrons. The molecule has 2 aromatic rings. The summed E-state index contributed by atoms with van der Waals surface area (Å²) < 4.78 is 25.3. The minimum Gasteiger partial charge on any atom is -0.481 e. The summed E-state index contributed by atoms with van der Waals surface area (Å²) in [7, 11) is -3.66. The number of hydrogen-bond acceptors (Lipinski definition) is 4. The third-order valence-corrected chi connectivity index (χ3v) is 4.96. The van der Waals surface area contributed by atoms with Crippen LogP contribution in [0.15, 0.2) is 40.9 Å². The number of hydrogen-bond donors (Lipinski definition) is 2. The first-order chi connectivity index (χ1) is 8.47. The summed E-state index contributed by atoms with van der Waals surface area (Å²) >= 11 is 0.945. The SMILES string of the molecule is O=C(O)Cc1ccc(S(=O)(=O)Nn2cccc2)s1. The molecule has 2 aromatic heterocycles. The van der Waals surface area contributed by atoms with E-state index >= 15 is 0 Å². The van der Waals surface area contributed by atoms with Crippen molar-refractivity contribution in [3.05, 3.63) is 41.5 Å². The monoisotopic (exact) mass is 286 g/mol. The van der Waals surface area contributed by atoms with Gasteiger partial charge in [-0.2, -0.15) is 8.42 Å². The number of carboxylic acid groups (broad SMARTS) is 1. The Hall–Kier alpha value is -1.80. The Kier molecular flexibility index (Phi) is 3.39. The maximum Gasteiger partial charge on any atom is 0.308 e. The Balaban J connectivity index is 2.19. The molecule has 2 N–H and O–H groups in total. The van der Waals surface area contributed by atoms with E-state index < -0.39 is 16.0 Å². The summed E-state index contributed by atoms with van der Waals surface area (Å²) in [6.07, 6.45) is 2.94. The zero-order valence-corrected chi connectivity index (χ0v) is 10.7. The molecule has 0 amide bonds. The molecule has 0 aliphatic rings. The molecule has 0 bridgehead atoms. The van der Waals surface area contributed by atoms with Crippen LogP contribution in [0.5, 0.6) is 0 Å². The second-order valence-corrected chi connectivity index (χ2v) is 6.53. The van der Waals surface area contributed by atoms with Crippen molar-refractivity contribution in [2.45, 2.75) is 10.6 Å². The molecule has 8 heteroatoms. The quantitative estimate of drug-likeness (QED) is 0.861. The van der Waals surface area contributed by atoms with E-state index in [0.717, 1.165) is 11.3 Å². The van der Waals surface area contributed by atoms with Gasteiger partial charge in [0.2, 0.25) is 0 Å². The van der Waals surface area contributed by atoms with Crippen LogP contribution in [0.25, 0.3) is 0 Å². The Morgan fingerprint density at radius 2 is 2.00 bits per heavy atom. The van der Waals surface area contributed by atoms with Gasteiger partial charge in [-0.25, -0.2) is 4.83 Å². The summed E-state index contributed by atoms with van der Waals surface area (Å²) in [5.74, 6) is -0.987. The first-order valence-electron chi connectivity index (χ1n) is 4.94. The van der Waals surface area contributed by atoms with Crippen LogP contribution in [-0.4, -0.2) is 24.2 Å². The fourth-order valence-corrected chi connectivity index (χ4v) is 3.66. The van der Waals surface area contributed by atoms with Gasteiger partial charge >= 0.3 is 5.97 Å². The molecular weight excluding hydrogens is 276 g/mol. The lowest BCUT2D eigenvalue weighted by Crippen LogP contribution is -2.20. The fourth-order valence-electron chi connectivity index (χ4n) is 1.33. The lowest BCUT2D eigenvalue weighted by molar-refractivity contribution is -0.136. The van der Waals surface area contributed by atoms with Crippen molar-refractivity contribution in [1.82, 2.24) is 4.68 Å². The number of rotatable bonds is 5. The zero-order valence-electron chi connectivity index (χ0n) is 9.11. The lowest BCUT2D eigenvalue weighted by atomic mass is 10.3. The Labute approximate surface area is 108 Å². The Morgan fingerprint density at radius 3 is 2.61 bits per heavy atom. The van der Waals surface area contributed by atoms with Gasteiger partial charge in [-0.05, 0) is 24.3 Å². The second kappa shape index (κ2) is 4.83. The topological polar surface area (TPSA) is 88.4 Å². The third kappa shape index (κ3) is 2.90. The van der Waals surface area contributed by atoms with Gasteiger partial charge in [0.05, 0.1) is 6.42 Å². The number of nitrogens with one attached hydrogen (secondary N) is 1. The highest BCUT2D eigenvalue weighted by Gasteiger charge is 2.17. The molecule has 6 nitrogen and oxygen atoms in total. The van der Waals surface area contributed by atoms with Crippen LogP contribution < -0.4 is 4.83 Å². The van der Waals surface area contributed by atoms with Gasteiger partial charge in [0.1, 0.15) is 4.21 Å². The number of aliphatic carboxylic acids is 1. The van der Waals surface area contributed by atoms with Gasteiger partial charge in [0.25, 0.3) is 10.0 Å². The molecule has 2 rings (SSSR count). The first kappa shape index (κ1) is 12.7. The van der Waals surface area contributed by atoms with E-state index in [1.165, 1.54) is 16.8 Å². The van der Waals surface area contributed by atoms with Crippen molar-refractivity contribution in [2.24, 2.45) is 0 Å². The molecule has 0 aromatic carbocycles. The lowest BCUT2D eigenvalue weighted by Gasteiger charge is -2.06. The molecule has 0 fully saturated rings. The molecule has 0 aliphatic carbocycles. The van der Waals surface area contributed by atoms with E-state index in [0.29, 0.717) is 4.88 Å². The predicted octanol–water partition coefficient (Wildman–Crippen LogP) is 1.11. The summed E-state index contributed by atoms with van der Waals surface area (Å²) in [4.78, 5) is 13.4. The van der Waals surface area contributed by atoms with Gasteiger partial charge < -0.3 is 5.11 Å². The van der Waals surface area contributed by atoms with Crippen molar-refractivity contribution in [3.8, 4) is 0 Å². The van der Waals surface area contributed by atoms with Crippen molar-refractivity contribution < 1.29 is 18.3 Å². The minimum absolute atomic E-state index is 0.0902. The van der Waals surface area contributed by atoms with Crippen molar-refractivity contribution in [1.29, 1.82) is 0 Å². The number of thiophene rings is 1. The maximum absolute atomic E-state index is 11.9. The molecular formula is C10H10N2O4S2. The van der Waals surface area contributed by atoms with Crippen LogP contribution in [-0.2, 0) is 21.2 Å². The molecule has 0 unspecified atom stereocenters. The highest BCUT2D eigenvalue weighted by Crippen LogP contribution is 2.22. The largest absolute Gasteiger partial charge is 0.481 e. The van der Waals surface area contributed by atoms with Crippen molar-refractivity contribution >= 4 is 27.3 Å². The average Bonchev–Trinajstić information content (AvgIpc) is 2.87. The number of nitrogens with zero attached hydrogens (tertiary/aromatic N) is 1.